The molecule has 0 radical (unpaired) electrons. The van der Waals surface area contributed by atoms with E-state index in [-0.39, 0.29) is 42.7 Å². The van der Waals surface area contributed by atoms with Gasteiger partial charge in [-0.05, 0) is 43.4 Å². The van der Waals surface area contributed by atoms with Gasteiger partial charge in [0.25, 0.3) is 0 Å². The zero-order valence-corrected chi connectivity index (χ0v) is 17.2. The van der Waals surface area contributed by atoms with Gasteiger partial charge in [-0.2, -0.15) is 11.8 Å². The van der Waals surface area contributed by atoms with Crippen LogP contribution in [0.2, 0.25) is 0 Å². The molecule has 2 unspecified atom stereocenters. The van der Waals surface area contributed by atoms with Crippen LogP contribution in [0.4, 0.5) is 5.69 Å². The summed E-state index contributed by atoms with van der Waals surface area (Å²) in [5, 5.41) is 3.13. The van der Waals surface area contributed by atoms with Crippen molar-refractivity contribution in [2.75, 3.05) is 29.9 Å². The number of hydrogen-bond acceptors (Lipinski definition) is 4. The van der Waals surface area contributed by atoms with Crippen LogP contribution in [0.3, 0.4) is 0 Å². The maximum Gasteiger partial charge on any atom is 0.227 e. The Labute approximate surface area is 167 Å². The van der Waals surface area contributed by atoms with Crippen LogP contribution >= 0.6 is 36.6 Å². The van der Waals surface area contributed by atoms with E-state index in [0.29, 0.717) is 0 Å². The Bertz CT molecular complexity index is 567. The Balaban J connectivity index is 0.00000156. The first kappa shape index (κ1) is 22.6. The van der Waals surface area contributed by atoms with Crippen LogP contribution in [0.1, 0.15) is 30.4 Å². The van der Waals surface area contributed by atoms with Crippen molar-refractivity contribution in [1.29, 1.82) is 0 Å². The number of carbonyl (C=O) groups is 1. The molecule has 0 bridgehead atoms. The van der Waals surface area contributed by atoms with Gasteiger partial charge >= 0.3 is 0 Å². The summed E-state index contributed by atoms with van der Waals surface area (Å²) in [5.74, 6) is 2.65. The molecule has 1 aromatic carbocycles. The second kappa shape index (κ2) is 10.6. The van der Waals surface area contributed by atoms with Gasteiger partial charge in [0.15, 0.2) is 0 Å². The van der Waals surface area contributed by atoms with E-state index in [9.17, 15) is 4.79 Å². The van der Waals surface area contributed by atoms with Crippen LogP contribution in [-0.4, -0.2) is 41.4 Å². The summed E-state index contributed by atoms with van der Waals surface area (Å²) in [4.78, 5) is 14.9. The average molecular weight is 406 g/mol. The molecule has 2 aliphatic rings. The number of nitrogens with one attached hydrogen (secondary N) is 1. The smallest absolute Gasteiger partial charge is 0.227 e. The van der Waals surface area contributed by atoms with E-state index in [2.05, 4.69) is 35.3 Å². The second-order valence-electron chi connectivity index (χ2n) is 6.80. The van der Waals surface area contributed by atoms with E-state index in [1.54, 1.807) is 0 Å². The van der Waals surface area contributed by atoms with Gasteiger partial charge in [-0.1, -0.05) is 12.1 Å². The summed E-state index contributed by atoms with van der Waals surface area (Å²) < 4.78 is 0. The number of thioether (sulfide) groups is 1. The summed E-state index contributed by atoms with van der Waals surface area (Å²) in [7, 11) is 0. The minimum atomic E-state index is 0. The molecule has 1 aromatic rings. The molecular formula is C18H29Cl2N3OS. The number of carbonyl (C=O) groups excluding carboxylic acids is 1. The molecule has 2 atom stereocenters. The molecule has 3 rings (SSSR count). The maximum absolute atomic E-state index is 12.4. The average Bonchev–Trinajstić information content (AvgIpc) is 2.98. The molecular weight excluding hydrogens is 377 g/mol. The van der Waals surface area contributed by atoms with Gasteiger partial charge in [0.2, 0.25) is 5.91 Å². The van der Waals surface area contributed by atoms with Gasteiger partial charge in [0.1, 0.15) is 0 Å². The normalized spacial score (nSPS) is 23.4. The van der Waals surface area contributed by atoms with Gasteiger partial charge in [0.05, 0.1) is 0 Å². The van der Waals surface area contributed by atoms with Gasteiger partial charge in [-0.25, -0.2) is 0 Å². The lowest BCUT2D eigenvalue weighted by Crippen LogP contribution is -2.32. The number of amides is 1. The first-order chi connectivity index (χ1) is 11.1. The Morgan fingerprint density at radius 1 is 1.28 bits per heavy atom. The highest BCUT2D eigenvalue weighted by molar-refractivity contribution is 7.99. The standard InChI is InChI=1S/C18H27N3OS.2ClH/c1-13-2-3-14(12-21-6-8-23-9-7-21)10-17(13)20-18(22)15-4-5-16(19)11-15;;/h2-3,10,15-16H,4-9,11-12,19H2,1H3,(H,20,22);2*1H. The highest BCUT2D eigenvalue weighted by Gasteiger charge is 2.28. The van der Waals surface area contributed by atoms with Crippen molar-refractivity contribution in [1.82, 2.24) is 4.90 Å². The Morgan fingerprint density at radius 2 is 2.00 bits per heavy atom. The minimum absolute atomic E-state index is 0. The van der Waals surface area contributed by atoms with E-state index in [0.717, 1.165) is 50.1 Å². The van der Waals surface area contributed by atoms with Gasteiger partial charge in [-0.15, -0.1) is 24.8 Å². The number of nitrogens with two attached hydrogens (primary N) is 1. The molecule has 1 amide bonds. The molecule has 1 heterocycles. The number of anilines is 1. The molecule has 3 N–H and O–H groups in total. The monoisotopic (exact) mass is 405 g/mol. The fourth-order valence-electron chi connectivity index (χ4n) is 3.41. The van der Waals surface area contributed by atoms with E-state index >= 15 is 0 Å². The quantitative estimate of drug-likeness (QED) is 0.804. The first-order valence-corrected chi connectivity index (χ1v) is 9.73. The van der Waals surface area contributed by atoms with Crippen molar-refractivity contribution in [3.8, 4) is 0 Å². The fraction of sp³-hybridized carbons (Fsp3) is 0.611. The van der Waals surface area contributed by atoms with E-state index in [1.165, 1.54) is 17.1 Å². The minimum Gasteiger partial charge on any atom is -0.328 e. The molecule has 0 aromatic heterocycles. The summed E-state index contributed by atoms with van der Waals surface area (Å²) in [6.45, 7) is 5.33. The summed E-state index contributed by atoms with van der Waals surface area (Å²) in [5.41, 5.74) is 9.29. The van der Waals surface area contributed by atoms with E-state index in [1.807, 2.05) is 11.8 Å². The molecule has 1 aliphatic heterocycles. The summed E-state index contributed by atoms with van der Waals surface area (Å²) in [6.07, 6.45) is 2.69. The van der Waals surface area contributed by atoms with Crippen LogP contribution in [0.15, 0.2) is 18.2 Å². The third-order valence-corrected chi connectivity index (χ3v) is 5.86. The number of nitrogens with zero attached hydrogens (tertiary/aromatic N) is 1. The van der Waals surface area contributed by atoms with Crippen molar-refractivity contribution in [3.63, 3.8) is 0 Å². The molecule has 142 valence electrons. The topological polar surface area (TPSA) is 58.4 Å². The lowest BCUT2D eigenvalue weighted by atomic mass is 10.1. The number of benzene rings is 1. The van der Waals surface area contributed by atoms with Crippen LogP contribution in [0.25, 0.3) is 0 Å². The molecule has 4 nitrogen and oxygen atoms in total. The number of halogens is 2. The highest BCUT2D eigenvalue weighted by Crippen LogP contribution is 2.27. The lowest BCUT2D eigenvalue weighted by Gasteiger charge is -2.26. The zero-order valence-electron chi connectivity index (χ0n) is 14.7. The highest BCUT2D eigenvalue weighted by atomic mass is 35.5. The van der Waals surface area contributed by atoms with Gasteiger partial charge in [0, 0.05) is 48.8 Å². The molecule has 7 heteroatoms. The van der Waals surface area contributed by atoms with Crippen molar-refractivity contribution in [2.24, 2.45) is 11.7 Å². The van der Waals surface area contributed by atoms with E-state index < -0.39 is 0 Å². The van der Waals surface area contributed by atoms with Crippen LogP contribution in [0, 0.1) is 12.8 Å². The molecule has 1 saturated heterocycles. The second-order valence-corrected chi connectivity index (χ2v) is 8.02. The molecule has 1 aliphatic carbocycles. The number of rotatable bonds is 4. The molecule has 2 fully saturated rings. The van der Waals surface area contributed by atoms with Crippen molar-refractivity contribution in [3.05, 3.63) is 29.3 Å². The predicted octanol–water partition coefficient (Wildman–Crippen LogP) is 3.45. The number of hydrogen-bond donors (Lipinski definition) is 2. The SMILES string of the molecule is Cc1ccc(CN2CCSCC2)cc1NC(=O)C1CCC(N)C1.Cl.Cl. The molecule has 1 saturated carbocycles. The van der Waals surface area contributed by atoms with Crippen LogP contribution in [-0.2, 0) is 11.3 Å². The Hall–Kier alpha value is -0.460. The van der Waals surface area contributed by atoms with Crippen LogP contribution < -0.4 is 11.1 Å². The Kier molecular flexibility index (Phi) is 9.60. The van der Waals surface area contributed by atoms with Gasteiger partial charge < -0.3 is 11.1 Å². The van der Waals surface area contributed by atoms with E-state index in [4.69, 9.17) is 5.73 Å². The summed E-state index contributed by atoms with van der Waals surface area (Å²) >= 11 is 2.03. The third-order valence-electron chi connectivity index (χ3n) is 4.91. The van der Waals surface area contributed by atoms with Crippen LogP contribution in [0.5, 0.6) is 0 Å². The zero-order chi connectivity index (χ0) is 16.2. The molecule has 25 heavy (non-hydrogen) atoms. The maximum atomic E-state index is 12.4. The Morgan fingerprint density at radius 3 is 2.64 bits per heavy atom. The van der Waals surface area contributed by atoms with Gasteiger partial charge in [-0.3, -0.25) is 9.69 Å². The lowest BCUT2D eigenvalue weighted by molar-refractivity contribution is -0.119. The van der Waals surface area contributed by atoms with Crippen molar-refractivity contribution < 1.29 is 4.79 Å². The first-order valence-electron chi connectivity index (χ1n) is 8.58. The predicted molar refractivity (Wildman–Crippen MR) is 112 cm³/mol. The fourth-order valence-corrected chi connectivity index (χ4v) is 4.39. The summed E-state index contributed by atoms with van der Waals surface area (Å²) in [6, 6.07) is 6.63. The largest absolute Gasteiger partial charge is 0.328 e. The molecule has 0 spiro atoms. The van der Waals surface area contributed by atoms with Crippen molar-refractivity contribution >= 4 is 48.2 Å². The third kappa shape index (κ3) is 6.33. The number of aryl methyl sites for hydroxylation is 1. The van der Waals surface area contributed by atoms with Crippen molar-refractivity contribution in [2.45, 2.75) is 38.8 Å².